The molecule has 0 aliphatic carbocycles. The molecule has 5 nitrogen and oxygen atoms in total. The minimum absolute atomic E-state index is 0.0715. The van der Waals surface area contributed by atoms with Crippen LogP contribution in [0.3, 0.4) is 0 Å². The number of hydrogen-bond acceptors (Lipinski definition) is 2. The summed E-state index contributed by atoms with van der Waals surface area (Å²) in [6.07, 6.45) is 2.14. The van der Waals surface area contributed by atoms with E-state index in [4.69, 9.17) is 0 Å². The number of likely N-dealkylation sites (tertiary alicyclic amines) is 1. The highest BCUT2D eigenvalue weighted by molar-refractivity contribution is 5.94. The number of benzene rings is 2. The summed E-state index contributed by atoms with van der Waals surface area (Å²) >= 11 is 0. The maximum atomic E-state index is 12.9. The molecular formula is C21H24FN3O2. The van der Waals surface area contributed by atoms with E-state index in [1.807, 2.05) is 18.2 Å². The second-order valence-corrected chi connectivity index (χ2v) is 6.71. The Morgan fingerprint density at radius 3 is 2.33 bits per heavy atom. The highest BCUT2D eigenvalue weighted by Gasteiger charge is 2.23. The summed E-state index contributed by atoms with van der Waals surface area (Å²) in [5.41, 5.74) is 1.64. The lowest BCUT2D eigenvalue weighted by Crippen LogP contribution is -2.49. The van der Waals surface area contributed by atoms with Crippen molar-refractivity contribution in [1.82, 2.24) is 15.5 Å². The molecule has 142 valence electrons. The number of urea groups is 1. The average Bonchev–Trinajstić information content (AvgIpc) is 2.70. The van der Waals surface area contributed by atoms with E-state index >= 15 is 0 Å². The molecule has 0 bridgehead atoms. The van der Waals surface area contributed by atoms with Crippen molar-refractivity contribution in [3.8, 4) is 0 Å². The molecule has 3 amide bonds. The van der Waals surface area contributed by atoms with E-state index in [0.717, 1.165) is 18.4 Å². The van der Waals surface area contributed by atoms with E-state index in [2.05, 4.69) is 10.6 Å². The lowest BCUT2D eigenvalue weighted by Gasteiger charge is -2.32. The minimum atomic E-state index is -0.259. The largest absolute Gasteiger partial charge is 0.349 e. The van der Waals surface area contributed by atoms with Gasteiger partial charge in [-0.15, -0.1) is 0 Å². The van der Waals surface area contributed by atoms with Crippen LogP contribution in [0.1, 0.15) is 28.8 Å². The van der Waals surface area contributed by atoms with Crippen LogP contribution < -0.4 is 10.6 Å². The van der Waals surface area contributed by atoms with Gasteiger partial charge in [0.25, 0.3) is 5.91 Å². The van der Waals surface area contributed by atoms with Gasteiger partial charge >= 0.3 is 6.03 Å². The van der Waals surface area contributed by atoms with Gasteiger partial charge in [0.1, 0.15) is 5.82 Å². The Morgan fingerprint density at radius 1 is 1.00 bits per heavy atom. The molecule has 1 aliphatic rings. The molecule has 1 heterocycles. The SMILES string of the molecule is O=C(NC1CCN(C(=O)NCCc2ccc(F)cc2)CC1)c1ccccc1. The number of nitrogens with one attached hydrogen (secondary N) is 2. The van der Waals surface area contributed by atoms with Crippen molar-refractivity contribution >= 4 is 11.9 Å². The molecule has 0 unspecified atom stereocenters. The monoisotopic (exact) mass is 369 g/mol. The van der Waals surface area contributed by atoms with Crippen molar-refractivity contribution in [2.24, 2.45) is 0 Å². The topological polar surface area (TPSA) is 61.4 Å². The van der Waals surface area contributed by atoms with E-state index in [1.165, 1.54) is 12.1 Å². The van der Waals surface area contributed by atoms with Crippen LogP contribution in [-0.2, 0) is 6.42 Å². The first kappa shape index (κ1) is 18.9. The van der Waals surface area contributed by atoms with Crippen LogP contribution in [0.15, 0.2) is 54.6 Å². The van der Waals surface area contributed by atoms with E-state index < -0.39 is 0 Å². The third-order valence-corrected chi connectivity index (χ3v) is 4.76. The van der Waals surface area contributed by atoms with Gasteiger partial charge in [-0.25, -0.2) is 9.18 Å². The van der Waals surface area contributed by atoms with Crippen molar-refractivity contribution in [2.75, 3.05) is 19.6 Å². The molecule has 0 aromatic heterocycles. The van der Waals surface area contributed by atoms with Crippen molar-refractivity contribution in [1.29, 1.82) is 0 Å². The molecule has 2 N–H and O–H groups in total. The fourth-order valence-electron chi connectivity index (χ4n) is 3.16. The Labute approximate surface area is 158 Å². The maximum Gasteiger partial charge on any atom is 0.317 e. The number of halogens is 1. The van der Waals surface area contributed by atoms with Crippen molar-refractivity contribution in [3.63, 3.8) is 0 Å². The Morgan fingerprint density at radius 2 is 1.67 bits per heavy atom. The van der Waals surface area contributed by atoms with Gasteiger partial charge in [0, 0.05) is 31.2 Å². The zero-order valence-corrected chi connectivity index (χ0v) is 15.2. The first-order chi connectivity index (χ1) is 13.1. The summed E-state index contributed by atoms with van der Waals surface area (Å²) in [6.45, 7) is 1.74. The molecule has 0 atom stereocenters. The molecule has 6 heteroatoms. The first-order valence-electron chi connectivity index (χ1n) is 9.25. The summed E-state index contributed by atoms with van der Waals surface area (Å²) in [5.74, 6) is -0.331. The van der Waals surface area contributed by atoms with Gasteiger partial charge in [-0.2, -0.15) is 0 Å². The van der Waals surface area contributed by atoms with Gasteiger partial charge in [0.2, 0.25) is 0 Å². The van der Waals surface area contributed by atoms with Crippen LogP contribution in [-0.4, -0.2) is 42.5 Å². The summed E-state index contributed by atoms with van der Waals surface area (Å²) in [6, 6.07) is 15.4. The van der Waals surface area contributed by atoms with Gasteiger partial charge in [-0.1, -0.05) is 30.3 Å². The lowest BCUT2D eigenvalue weighted by molar-refractivity contribution is 0.0918. The van der Waals surface area contributed by atoms with E-state index in [9.17, 15) is 14.0 Å². The Kier molecular flexibility index (Phi) is 6.41. The lowest BCUT2D eigenvalue weighted by atomic mass is 10.0. The van der Waals surface area contributed by atoms with Crippen LogP contribution in [0.5, 0.6) is 0 Å². The van der Waals surface area contributed by atoms with Crippen LogP contribution in [0.25, 0.3) is 0 Å². The predicted octanol–water partition coefficient (Wildman–Crippen LogP) is 2.97. The number of nitrogens with zero attached hydrogens (tertiary/aromatic N) is 1. The van der Waals surface area contributed by atoms with Gasteiger partial charge in [-0.05, 0) is 49.1 Å². The van der Waals surface area contributed by atoms with Crippen molar-refractivity contribution in [2.45, 2.75) is 25.3 Å². The summed E-state index contributed by atoms with van der Waals surface area (Å²) in [7, 11) is 0. The molecule has 1 aliphatic heterocycles. The van der Waals surface area contributed by atoms with Crippen LogP contribution in [0.4, 0.5) is 9.18 Å². The fourth-order valence-corrected chi connectivity index (χ4v) is 3.16. The number of hydrogen-bond donors (Lipinski definition) is 2. The molecule has 2 aromatic rings. The fraction of sp³-hybridized carbons (Fsp3) is 0.333. The van der Waals surface area contributed by atoms with Gasteiger partial charge in [0.05, 0.1) is 0 Å². The normalized spacial score (nSPS) is 14.6. The second-order valence-electron chi connectivity index (χ2n) is 6.71. The highest BCUT2D eigenvalue weighted by atomic mass is 19.1. The number of amides is 3. The molecule has 1 saturated heterocycles. The molecule has 0 radical (unpaired) electrons. The van der Waals surface area contributed by atoms with E-state index in [-0.39, 0.29) is 23.8 Å². The van der Waals surface area contributed by atoms with Crippen LogP contribution in [0.2, 0.25) is 0 Å². The smallest absolute Gasteiger partial charge is 0.317 e. The van der Waals surface area contributed by atoms with E-state index in [1.54, 1.807) is 29.2 Å². The Bertz CT molecular complexity index is 757. The molecule has 3 rings (SSSR count). The zero-order valence-electron chi connectivity index (χ0n) is 15.2. The third kappa shape index (κ3) is 5.54. The average molecular weight is 369 g/mol. The number of carbonyl (C=O) groups is 2. The zero-order chi connectivity index (χ0) is 19.1. The minimum Gasteiger partial charge on any atom is -0.349 e. The predicted molar refractivity (Wildman–Crippen MR) is 102 cm³/mol. The number of piperidine rings is 1. The van der Waals surface area contributed by atoms with Gasteiger partial charge in [0.15, 0.2) is 0 Å². The molecule has 27 heavy (non-hydrogen) atoms. The van der Waals surface area contributed by atoms with Crippen LogP contribution >= 0.6 is 0 Å². The van der Waals surface area contributed by atoms with Gasteiger partial charge in [-0.3, -0.25) is 4.79 Å². The third-order valence-electron chi connectivity index (χ3n) is 4.76. The first-order valence-corrected chi connectivity index (χ1v) is 9.25. The number of rotatable bonds is 5. The van der Waals surface area contributed by atoms with Gasteiger partial charge < -0.3 is 15.5 Å². The summed E-state index contributed by atoms with van der Waals surface area (Å²) in [4.78, 5) is 26.2. The number of carbonyl (C=O) groups excluding carboxylic acids is 2. The molecule has 0 spiro atoms. The summed E-state index contributed by atoms with van der Waals surface area (Å²) < 4.78 is 12.9. The standard InChI is InChI=1S/C21H24FN3O2/c22-18-8-6-16(7-9-18)10-13-23-21(27)25-14-11-19(12-15-25)24-20(26)17-4-2-1-3-5-17/h1-9,19H,10-15H2,(H,23,27)(H,24,26). The Hall–Kier alpha value is -2.89. The maximum absolute atomic E-state index is 12.9. The Balaban J connectivity index is 1.37. The summed E-state index contributed by atoms with van der Waals surface area (Å²) in [5, 5.41) is 5.94. The van der Waals surface area contributed by atoms with E-state index in [0.29, 0.717) is 31.6 Å². The van der Waals surface area contributed by atoms with Crippen molar-refractivity contribution in [3.05, 3.63) is 71.5 Å². The van der Waals surface area contributed by atoms with Crippen molar-refractivity contribution < 1.29 is 14.0 Å². The van der Waals surface area contributed by atoms with Crippen LogP contribution in [0, 0.1) is 5.82 Å². The quantitative estimate of drug-likeness (QED) is 0.851. The molecule has 0 saturated carbocycles. The molecule has 2 aromatic carbocycles. The molecular weight excluding hydrogens is 345 g/mol. The second kappa shape index (κ2) is 9.16. The highest BCUT2D eigenvalue weighted by Crippen LogP contribution is 2.12. The molecule has 1 fully saturated rings.